The monoisotopic (exact) mass is 258 g/mol. The molecule has 2 rings (SSSR count). The zero-order valence-corrected chi connectivity index (χ0v) is 11.9. The van der Waals surface area contributed by atoms with Crippen LogP contribution < -0.4 is 5.32 Å². The van der Waals surface area contributed by atoms with Gasteiger partial charge in [0.05, 0.1) is 11.9 Å². The molecule has 1 atom stereocenters. The second kappa shape index (κ2) is 6.48. The van der Waals surface area contributed by atoms with E-state index in [9.17, 15) is 0 Å². The fraction of sp³-hybridized carbons (Fsp3) is 0.467. The molecule has 1 heterocycles. The van der Waals surface area contributed by atoms with Crippen LogP contribution in [-0.4, -0.2) is 21.5 Å². The molecule has 1 unspecified atom stereocenters. The van der Waals surface area contributed by atoms with E-state index in [0.717, 1.165) is 30.6 Å². The van der Waals surface area contributed by atoms with Crippen LogP contribution in [0.1, 0.15) is 38.3 Å². The molecule has 4 heteroatoms. The molecule has 0 radical (unpaired) electrons. The first-order valence-corrected chi connectivity index (χ1v) is 6.94. The lowest BCUT2D eigenvalue weighted by molar-refractivity contribution is 0.518. The van der Waals surface area contributed by atoms with E-state index in [2.05, 4.69) is 53.7 Å². The smallest absolute Gasteiger partial charge is 0.0882 e. The van der Waals surface area contributed by atoms with E-state index in [1.54, 1.807) is 10.9 Å². The lowest BCUT2D eigenvalue weighted by Gasteiger charge is -2.17. The van der Waals surface area contributed by atoms with Gasteiger partial charge in [0.1, 0.15) is 0 Å². The summed E-state index contributed by atoms with van der Waals surface area (Å²) in [5, 5.41) is 11.4. The van der Waals surface area contributed by atoms with Gasteiger partial charge in [-0.25, -0.2) is 4.68 Å². The van der Waals surface area contributed by atoms with Crippen molar-refractivity contribution in [2.75, 3.05) is 6.54 Å². The van der Waals surface area contributed by atoms with E-state index in [-0.39, 0.29) is 0 Å². The molecule has 0 aliphatic carbocycles. The Bertz CT molecular complexity index is 501. The Balaban J connectivity index is 2.15. The second-order valence-electron chi connectivity index (χ2n) is 4.78. The average molecular weight is 258 g/mol. The zero-order valence-electron chi connectivity index (χ0n) is 11.9. The number of hydrogen-bond donors (Lipinski definition) is 1. The molecule has 0 spiro atoms. The van der Waals surface area contributed by atoms with Crippen molar-refractivity contribution in [3.05, 3.63) is 36.0 Å². The summed E-state index contributed by atoms with van der Waals surface area (Å²) in [7, 11) is 1.91. The largest absolute Gasteiger partial charge is 0.310 e. The van der Waals surface area contributed by atoms with Crippen molar-refractivity contribution in [3.63, 3.8) is 0 Å². The third-order valence-electron chi connectivity index (χ3n) is 3.37. The van der Waals surface area contributed by atoms with Gasteiger partial charge in [0.15, 0.2) is 0 Å². The van der Waals surface area contributed by atoms with Crippen LogP contribution in [0.25, 0.3) is 11.3 Å². The fourth-order valence-corrected chi connectivity index (χ4v) is 2.25. The molecule has 1 aromatic heterocycles. The second-order valence-corrected chi connectivity index (χ2v) is 4.78. The van der Waals surface area contributed by atoms with E-state index >= 15 is 0 Å². The highest BCUT2D eigenvalue weighted by Gasteiger charge is 2.09. The first-order chi connectivity index (χ1) is 9.26. The number of aryl methyl sites for hydroxylation is 1. The van der Waals surface area contributed by atoms with Crippen LogP contribution in [0.4, 0.5) is 0 Å². The predicted octanol–water partition coefficient (Wildman–Crippen LogP) is 2.93. The molecule has 4 nitrogen and oxygen atoms in total. The van der Waals surface area contributed by atoms with E-state index in [1.165, 1.54) is 5.56 Å². The third-order valence-corrected chi connectivity index (χ3v) is 3.37. The van der Waals surface area contributed by atoms with Gasteiger partial charge in [-0.1, -0.05) is 43.3 Å². The minimum atomic E-state index is 0.443. The zero-order chi connectivity index (χ0) is 13.7. The van der Waals surface area contributed by atoms with Crippen LogP contribution in [0, 0.1) is 0 Å². The van der Waals surface area contributed by atoms with Crippen LogP contribution in [0.2, 0.25) is 0 Å². The molecule has 1 N–H and O–H groups in total. The number of nitrogens with one attached hydrogen (secondary N) is 1. The van der Waals surface area contributed by atoms with E-state index in [0.29, 0.717) is 6.04 Å². The van der Waals surface area contributed by atoms with E-state index < -0.39 is 0 Å². The maximum atomic E-state index is 3.96. The van der Waals surface area contributed by atoms with Crippen LogP contribution in [0.3, 0.4) is 0 Å². The van der Waals surface area contributed by atoms with Gasteiger partial charge in [-0.2, -0.15) is 0 Å². The van der Waals surface area contributed by atoms with Crippen molar-refractivity contribution < 1.29 is 0 Å². The van der Waals surface area contributed by atoms with Gasteiger partial charge in [0, 0.05) is 18.7 Å². The van der Waals surface area contributed by atoms with Crippen LogP contribution in [-0.2, 0) is 7.05 Å². The van der Waals surface area contributed by atoms with Crippen LogP contribution >= 0.6 is 0 Å². The summed E-state index contributed by atoms with van der Waals surface area (Å²) in [5.41, 5.74) is 3.54. The molecular formula is C15H22N4. The maximum Gasteiger partial charge on any atom is 0.0882 e. The molecule has 102 valence electrons. The Morgan fingerprint density at radius 2 is 1.95 bits per heavy atom. The molecule has 0 fully saturated rings. The molecule has 0 bridgehead atoms. The normalized spacial score (nSPS) is 12.6. The van der Waals surface area contributed by atoms with Crippen molar-refractivity contribution in [1.29, 1.82) is 0 Å². The Morgan fingerprint density at radius 1 is 1.21 bits per heavy atom. The SMILES string of the molecule is CCCNC(CC)c1ccc(-c2cnnn2C)cc1. The van der Waals surface area contributed by atoms with Gasteiger partial charge < -0.3 is 5.32 Å². The molecule has 1 aromatic carbocycles. The quantitative estimate of drug-likeness (QED) is 0.866. The minimum Gasteiger partial charge on any atom is -0.310 e. The summed E-state index contributed by atoms with van der Waals surface area (Å²) in [5.74, 6) is 0. The summed E-state index contributed by atoms with van der Waals surface area (Å²) in [6.07, 6.45) is 4.06. The van der Waals surface area contributed by atoms with Gasteiger partial charge >= 0.3 is 0 Å². The highest BCUT2D eigenvalue weighted by atomic mass is 15.4. The van der Waals surface area contributed by atoms with Crippen LogP contribution in [0.15, 0.2) is 30.5 Å². The number of benzene rings is 1. The highest BCUT2D eigenvalue weighted by Crippen LogP contribution is 2.22. The van der Waals surface area contributed by atoms with Gasteiger partial charge in [-0.15, -0.1) is 5.10 Å². The molecule has 0 amide bonds. The maximum absolute atomic E-state index is 3.96. The fourth-order valence-electron chi connectivity index (χ4n) is 2.25. The van der Waals surface area contributed by atoms with E-state index in [4.69, 9.17) is 0 Å². The molecule has 0 saturated heterocycles. The van der Waals surface area contributed by atoms with Gasteiger partial charge in [-0.3, -0.25) is 0 Å². The lowest BCUT2D eigenvalue weighted by atomic mass is 10.0. The predicted molar refractivity (Wildman–Crippen MR) is 77.8 cm³/mol. The number of aromatic nitrogens is 3. The summed E-state index contributed by atoms with van der Waals surface area (Å²) in [6.45, 7) is 5.47. The van der Waals surface area contributed by atoms with Crippen molar-refractivity contribution in [1.82, 2.24) is 20.3 Å². The number of hydrogen-bond acceptors (Lipinski definition) is 3. The topological polar surface area (TPSA) is 42.7 Å². The minimum absolute atomic E-state index is 0.443. The van der Waals surface area contributed by atoms with Crippen molar-refractivity contribution in [2.45, 2.75) is 32.7 Å². The van der Waals surface area contributed by atoms with Gasteiger partial charge in [0.2, 0.25) is 0 Å². The first-order valence-electron chi connectivity index (χ1n) is 6.94. The summed E-state index contributed by atoms with van der Waals surface area (Å²) < 4.78 is 1.79. The summed E-state index contributed by atoms with van der Waals surface area (Å²) >= 11 is 0. The Labute approximate surface area is 114 Å². The highest BCUT2D eigenvalue weighted by molar-refractivity contribution is 5.58. The number of rotatable bonds is 6. The molecular weight excluding hydrogens is 236 g/mol. The lowest BCUT2D eigenvalue weighted by Crippen LogP contribution is -2.21. The van der Waals surface area contributed by atoms with Crippen LogP contribution in [0.5, 0.6) is 0 Å². The van der Waals surface area contributed by atoms with Crippen molar-refractivity contribution >= 4 is 0 Å². The van der Waals surface area contributed by atoms with Crippen molar-refractivity contribution in [3.8, 4) is 11.3 Å². The average Bonchev–Trinajstić information content (AvgIpc) is 2.87. The third kappa shape index (κ3) is 3.20. The van der Waals surface area contributed by atoms with Crippen molar-refractivity contribution in [2.24, 2.45) is 7.05 Å². The summed E-state index contributed by atoms with van der Waals surface area (Å²) in [4.78, 5) is 0. The Hall–Kier alpha value is -1.68. The molecule has 0 saturated carbocycles. The summed E-state index contributed by atoms with van der Waals surface area (Å²) in [6, 6.07) is 9.12. The molecule has 0 aliphatic heterocycles. The Kier molecular flexibility index (Phi) is 4.68. The number of nitrogens with zero attached hydrogens (tertiary/aromatic N) is 3. The van der Waals surface area contributed by atoms with Gasteiger partial charge in [-0.05, 0) is 24.9 Å². The van der Waals surface area contributed by atoms with E-state index in [1.807, 2.05) is 7.05 Å². The molecule has 2 aromatic rings. The van der Waals surface area contributed by atoms with Gasteiger partial charge in [0.25, 0.3) is 0 Å². The Morgan fingerprint density at radius 3 is 2.47 bits per heavy atom. The molecule has 0 aliphatic rings. The standard InChI is InChI=1S/C15H22N4/c1-4-10-16-14(5-2)12-6-8-13(9-7-12)15-11-17-18-19(15)3/h6-9,11,14,16H,4-5,10H2,1-3H3. The molecule has 19 heavy (non-hydrogen) atoms. The first kappa shape index (κ1) is 13.7.